The molecule has 0 spiro atoms. The number of anilines is 1. The van der Waals surface area contributed by atoms with Gasteiger partial charge in [-0.15, -0.1) is 0 Å². The Morgan fingerprint density at radius 2 is 1.90 bits per heavy atom. The van der Waals surface area contributed by atoms with E-state index in [1.54, 1.807) is 36.4 Å². The molecule has 0 heterocycles. The van der Waals surface area contributed by atoms with Crippen LogP contribution in [0.4, 0.5) is 5.69 Å². The molecule has 0 aliphatic heterocycles. The Kier molecular flexibility index (Phi) is 4.56. The molecule has 0 fully saturated rings. The van der Waals surface area contributed by atoms with Gasteiger partial charge in [-0.25, -0.2) is 4.79 Å². The molecule has 5 heteroatoms. The van der Waals surface area contributed by atoms with Crippen molar-refractivity contribution in [3.05, 3.63) is 59.7 Å². The van der Waals surface area contributed by atoms with Crippen LogP contribution < -0.4 is 5.32 Å². The Morgan fingerprint density at radius 1 is 1.14 bits per heavy atom. The Bertz CT molecular complexity index is 667. The lowest BCUT2D eigenvalue weighted by Gasteiger charge is -2.07. The molecule has 0 aliphatic rings. The average Bonchev–Trinajstić information content (AvgIpc) is 2.49. The molecule has 21 heavy (non-hydrogen) atoms. The number of phenols is 1. The van der Waals surface area contributed by atoms with Gasteiger partial charge in [0.2, 0.25) is 5.91 Å². The maximum Gasteiger partial charge on any atom is 0.337 e. The number of amides is 1. The number of esters is 1. The molecule has 2 aromatic rings. The van der Waals surface area contributed by atoms with Gasteiger partial charge < -0.3 is 15.2 Å². The maximum atomic E-state index is 11.9. The summed E-state index contributed by atoms with van der Waals surface area (Å²) in [5.41, 5.74) is 1.40. The van der Waals surface area contributed by atoms with Crippen LogP contribution in [-0.4, -0.2) is 24.1 Å². The highest BCUT2D eigenvalue weighted by Gasteiger charge is 2.09. The number of para-hydroxylation sites is 1. The van der Waals surface area contributed by atoms with Crippen molar-refractivity contribution < 1.29 is 19.4 Å². The number of rotatable bonds is 4. The molecule has 0 saturated heterocycles. The third-order valence-corrected chi connectivity index (χ3v) is 2.91. The van der Waals surface area contributed by atoms with E-state index in [9.17, 15) is 14.7 Å². The predicted molar refractivity (Wildman–Crippen MR) is 78.2 cm³/mol. The Hall–Kier alpha value is -2.82. The number of aromatic hydroxyl groups is 1. The van der Waals surface area contributed by atoms with Crippen molar-refractivity contribution >= 4 is 17.6 Å². The molecule has 0 aliphatic carbocycles. The van der Waals surface area contributed by atoms with Crippen LogP contribution in [0.15, 0.2) is 48.5 Å². The number of methoxy groups -OCH3 is 1. The van der Waals surface area contributed by atoms with Crippen molar-refractivity contribution in [3.8, 4) is 5.75 Å². The summed E-state index contributed by atoms with van der Waals surface area (Å²) in [7, 11) is 1.30. The molecule has 0 unspecified atom stereocenters. The Morgan fingerprint density at radius 3 is 2.62 bits per heavy atom. The monoisotopic (exact) mass is 285 g/mol. The third-order valence-electron chi connectivity index (χ3n) is 2.91. The summed E-state index contributed by atoms with van der Waals surface area (Å²) in [6.07, 6.45) is 0.0507. The first-order valence-electron chi connectivity index (χ1n) is 6.35. The van der Waals surface area contributed by atoms with Crippen molar-refractivity contribution in [1.29, 1.82) is 0 Å². The van der Waals surface area contributed by atoms with Gasteiger partial charge >= 0.3 is 5.97 Å². The second-order valence-corrected chi connectivity index (χ2v) is 4.43. The molecule has 2 N–H and O–H groups in total. The molecule has 1 amide bonds. The number of ether oxygens (including phenoxy) is 1. The summed E-state index contributed by atoms with van der Waals surface area (Å²) < 4.78 is 4.62. The fourth-order valence-corrected chi connectivity index (χ4v) is 1.88. The Balaban J connectivity index is 2.06. The van der Waals surface area contributed by atoms with E-state index in [1.807, 2.05) is 0 Å². The highest BCUT2D eigenvalue weighted by Crippen LogP contribution is 2.17. The largest absolute Gasteiger partial charge is 0.508 e. The zero-order valence-corrected chi connectivity index (χ0v) is 11.5. The summed E-state index contributed by atoms with van der Waals surface area (Å²) in [5.74, 6) is -0.665. The molecule has 0 bridgehead atoms. The minimum Gasteiger partial charge on any atom is -0.508 e. The van der Waals surface area contributed by atoms with E-state index >= 15 is 0 Å². The standard InChI is InChI=1S/C16H15NO4/c1-21-16(20)12-6-4-7-13(9-12)17-15(19)10-11-5-2-3-8-14(11)18/h2-9,18H,10H2,1H3,(H,17,19). The van der Waals surface area contributed by atoms with Crippen LogP contribution in [0.5, 0.6) is 5.75 Å². The van der Waals surface area contributed by atoms with Crippen LogP contribution in [0.25, 0.3) is 0 Å². The highest BCUT2D eigenvalue weighted by atomic mass is 16.5. The topological polar surface area (TPSA) is 75.6 Å². The molecule has 108 valence electrons. The van der Waals surface area contributed by atoms with E-state index in [4.69, 9.17) is 0 Å². The van der Waals surface area contributed by atoms with Gasteiger partial charge in [0.05, 0.1) is 19.1 Å². The van der Waals surface area contributed by atoms with Gasteiger partial charge in [-0.2, -0.15) is 0 Å². The normalized spacial score (nSPS) is 9.95. The number of benzene rings is 2. The first-order chi connectivity index (χ1) is 10.1. The first kappa shape index (κ1) is 14.6. The number of phenolic OH excluding ortho intramolecular Hbond substituents is 1. The van der Waals surface area contributed by atoms with E-state index in [0.29, 0.717) is 16.8 Å². The smallest absolute Gasteiger partial charge is 0.337 e. The SMILES string of the molecule is COC(=O)c1cccc(NC(=O)Cc2ccccc2O)c1. The van der Waals surface area contributed by atoms with Gasteiger partial charge in [-0.1, -0.05) is 24.3 Å². The van der Waals surface area contributed by atoms with Crippen molar-refractivity contribution in [1.82, 2.24) is 0 Å². The minimum atomic E-state index is -0.466. The molecule has 0 atom stereocenters. The minimum absolute atomic E-state index is 0.0507. The summed E-state index contributed by atoms with van der Waals surface area (Å²) in [5, 5.41) is 12.3. The van der Waals surface area contributed by atoms with Crippen molar-refractivity contribution in [2.75, 3.05) is 12.4 Å². The summed E-state index contributed by atoms with van der Waals surface area (Å²) in [6.45, 7) is 0. The number of hydrogen-bond donors (Lipinski definition) is 2. The quantitative estimate of drug-likeness (QED) is 0.846. The van der Waals surface area contributed by atoms with Gasteiger partial charge in [-0.3, -0.25) is 4.79 Å². The lowest BCUT2D eigenvalue weighted by atomic mass is 10.1. The van der Waals surface area contributed by atoms with Gasteiger partial charge in [-0.05, 0) is 24.3 Å². The average molecular weight is 285 g/mol. The van der Waals surface area contributed by atoms with Crippen LogP contribution in [-0.2, 0) is 16.0 Å². The van der Waals surface area contributed by atoms with Crippen LogP contribution >= 0.6 is 0 Å². The predicted octanol–water partition coefficient (Wildman–Crippen LogP) is 2.36. The van der Waals surface area contributed by atoms with E-state index < -0.39 is 5.97 Å². The van der Waals surface area contributed by atoms with E-state index in [0.717, 1.165) is 0 Å². The molecule has 5 nitrogen and oxygen atoms in total. The molecule has 0 aromatic heterocycles. The fourth-order valence-electron chi connectivity index (χ4n) is 1.88. The summed E-state index contributed by atoms with van der Waals surface area (Å²) in [6, 6.07) is 13.1. The number of nitrogens with one attached hydrogen (secondary N) is 1. The van der Waals surface area contributed by atoms with Crippen LogP contribution in [0, 0.1) is 0 Å². The zero-order valence-electron chi connectivity index (χ0n) is 11.5. The first-order valence-corrected chi connectivity index (χ1v) is 6.35. The molecule has 2 rings (SSSR count). The third kappa shape index (κ3) is 3.82. The van der Waals surface area contributed by atoms with Crippen LogP contribution in [0.2, 0.25) is 0 Å². The summed E-state index contributed by atoms with van der Waals surface area (Å²) >= 11 is 0. The molecule has 2 aromatic carbocycles. The second-order valence-electron chi connectivity index (χ2n) is 4.43. The lowest BCUT2D eigenvalue weighted by Crippen LogP contribution is -2.15. The highest BCUT2D eigenvalue weighted by molar-refractivity contribution is 5.95. The lowest BCUT2D eigenvalue weighted by molar-refractivity contribution is -0.115. The fraction of sp³-hybridized carbons (Fsp3) is 0.125. The van der Waals surface area contributed by atoms with Gasteiger partial charge in [0, 0.05) is 11.3 Å². The van der Waals surface area contributed by atoms with Crippen molar-refractivity contribution in [3.63, 3.8) is 0 Å². The van der Waals surface area contributed by atoms with E-state index in [-0.39, 0.29) is 18.1 Å². The number of carbonyl (C=O) groups excluding carboxylic acids is 2. The van der Waals surface area contributed by atoms with Gasteiger partial charge in [0.25, 0.3) is 0 Å². The second kappa shape index (κ2) is 6.56. The molecular weight excluding hydrogens is 270 g/mol. The van der Waals surface area contributed by atoms with Crippen molar-refractivity contribution in [2.24, 2.45) is 0 Å². The molecular formula is C16H15NO4. The number of hydrogen-bond acceptors (Lipinski definition) is 4. The van der Waals surface area contributed by atoms with Crippen LogP contribution in [0.1, 0.15) is 15.9 Å². The van der Waals surface area contributed by atoms with Gasteiger partial charge in [0.1, 0.15) is 5.75 Å². The zero-order chi connectivity index (χ0) is 15.2. The molecule has 0 saturated carbocycles. The van der Waals surface area contributed by atoms with E-state index in [1.165, 1.54) is 19.2 Å². The van der Waals surface area contributed by atoms with Gasteiger partial charge in [0.15, 0.2) is 0 Å². The molecule has 0 radical (unpaired) electrons. The Labute approximate surface area is 122 Å². The van der Waals surface area contributed by atoms with Crippen molar-refractivity contribution in [2.45, 2.75) is 6.42 Å². The maximum absolute atomic E-state index is 11.9. The summed E-state index contributed by atoms with van der Waals surface area (Å²) in [4.78, 5) is 23.4. The van der Waals surface area contributed by atoms with E-state index in [2.05, 4.69) is 10.1 Å². The number of carbonyl (C=O) groups is 2. The van der Waals surface area contributed by atoms with Crippen LogP contribution in [0.3, 0.4) is 0 Å².